The Bertz CT molecular complexity index is 442. The molecule has 0 radical (unpaired) electrons. The minimum Gasteiger partial charge on any atom is -0.491 e. The molecule has 2 rings (SSSR count). The van der Waals surface area contributed by atoms with Crippen LogP contribution in [0.2, 0.25) is 0 Å². The molecule has 0 aromatic heterocycles. The van der Waals surface area contributed by atoms with Gasteiger partial charge in [0.05, 0.1) is 12.3 Å². The molecular formula is C15H23N3O2. The standard InChI is InChI=1S/C15H23N3O2/c1-2-11-20-14-6-4-3-5-13(14)17-12-7-9-18(10-8-12)15(16)19/h3-6,12,17H,2,7-11H2,1H3,(H2,16,19). The van der Waals surface area contributed by atoms with Crippen LogP contribution in [-0.2, 0) is 0 Å². The summed E-state index contributed by atoms with van der Waals surface area (Å²) in [7, 11) is 0. The number of hydrogen-bond donors (Lipinski definition) is 2. The summed E-state index contributed by atoms with van der Waals surface area (Å²) in [6.45, 7) is 4.24. The highest BCUT2D eigenvalue weighted by Gasteiger charge is 2.21. The van der Waals surface area contributed by atoms with Crippen molar-refractivity contribution in [1.29, 1.82) is 0 Å². The van der Waals surface area contributed by atoms with Crippen molar-refractivity contribution in [1.82, 2.24) is 4.90 Å². The summed E-state index contributed by atoms with van der Waals surface area (Å²) in [5.41, 5.74) is 6.32. The lowest BCUT2D eigenvalue weighted by molar-refractivity contribution is 0.193. The van der Waals surface area contributed by atoms with Gasteiger partial charge in [-0.25, -0.2) is 4.79 Å². The number of nitrogens with zero attached hydrogens (tertiary/aromatic N) is 1. The summed E-state index contributed by atoms with van der Waals surface area (Å²) in [5, 5.41) is 3.51. The van der Waals surface area contributed by atoms with Gasteiger partial charge in [-0.3, -0.25) is 0 Å². The normalized spacial score (nSPS) is 15.9. The van der Waals surface area contributed by atoms with Gasteiger partial charge >= 0.3 is 6.03 Å². The number of nitrogens with two attached hydrogens (primary N) is 1. The number of hydrogen-bond acceptors (Lipinski definition) is 3. The Balaban J connectivity index is 1.92. The topological polar surface area (TPSA) is 67.6 Å². The first-order chi connectivity index (χ1) is 9.70. The first-order valence-electron chi connectivity index (χ1n) is 7.23. The molecule has 1 fully saturated rings. The van der Waals surface area contributed by atoms with E-state index in [4.69, 9.17) is 10.5 Å². The Labute approximate surface area is 120 Å². The number of anilines is 1. The number of primary amides is 1. The zero-order valence-corrected chi connectivity index (χ0v) is 12.0. The van der Waals surface area contributed by atoms with Gasteiger partial charge in [0.25, 0.3) is 0 Å². The fourth-order valence-electron chi connectivity index (χ4n) is 2.39. The molecule has 0 atom stereocenters. The number of nitrogens with one attached hydrogen (secondary N) is 1. The number of carbonyl (C=O) groups excluding carboxylic acids is 1. The van der Waals surface area contributed by atoms with Crippen molar-refractivity contribution in [3.05, 3.63) is 24.3 Å². The Morgan fingerprint density at radius 1 is 1.40 bits per heavy atom. The molecule has 1 aromatic carbocycles. The van der Waals surface area contributed by atoms with Crippen LogP contribution in [-0.4, -0.2) is 36.7 Å². The van der Waals surface area contributed by atoms with E-state index in [2.05, 4.69) is 12.2 Å². The number of urea groups is 1. The van der Waals surface area contributed by atoms with Gasteiger partial charge in [0.15, 0.2) is 0 Å². The lowest BCUT2D eigenvalue weighted by atomic mass is 10.0. The number of benzene rings is 1. The van der Waals surface area contributed by atoms with Gasteiger partial charge in [0.2, 0.25) is 0 Å². The number of piperidine rings is 1. The molecule has 1 aliphatic rings. The van der Waals surface area contributed by atoms with Crippen LogP contribution in [0.5, 0.6) is 5.75 Å². The smallest absolute Gasteiger partial charge is 0.314 e. The van der Waals surface area contributed by atoms with E-state index in [-0.39, 0.29) is 6.03 Å². The Kier molecular flexibility index (Phi) is 5.09. The van der Waals surface area contributed by atoms with Crippen molar-refractivity contribution in [2.75, 3.05) is 25.0 Å². The third kappa shape index (κ3) is 3.79. The molecule has 1 heterocycles. The molecule has 2 amide bonds. The van der Waals surface area contributed by atoms with E-state index in [0.29, 0.717) is 19.1 Å². The molecule has 5 heteroatoms. The highest BCUT2D eigenvalue weighted by Crippen LogP contribution is 2.26. The Hall–Kier alpha value is -1.91. The van der Waals surface area contributed by atoms with Crippen molar-refractivity contribution < 1.29 is 9.53 Å². The number of carbonyl (C=O) groups is 1. The second-order valence-corrected chi connectivity index (χ2v) is 5.09. The number of amides is 2. The number of rotatable bonds is 5. The minimum atomic E-state index is -0.324. The quantitative estimate of drug-likeness (QED) is 0.868. The molecule has 0 bridgehead atoms. The van der Waals surface area contributed by atoms with Crippen LogP contribution >= 0.6 is 0 Å². The molecule has 1 aliphatic heterocycles. The molecular weight excluding hydrogens is 254 g/mol. The molecule has 5 nitrogen and oxygen atoms in total. The third-order valence-corrected chi connectivity index (χ3v) is 3.52. The first-order valence-corrected chi connectivity index (χ1v) is 7.23. The van der Waals surface area contributed by atoms with Gasteiger partial charge < -0.3 is 20.7 Å². The largest absolute Gasteiger partial charge is 0.491 e. The molecule has 0 saturated carbocycles. The Morgan fingerprint density at radius 3 is 2.75 bits per heavy atom. The van der Waals surface area contributed by atoms with Gasteiger partial charge in [0, 0.05) is 19.1 Å². The predicted octanol–water partition coefficient (Wildman–Crippen LogP) is 2.43. The highest BCUT2D eigenvalue weighted by atomic mass is 16.5. The van der Waals surface area contributed by atoms with Gasteiger partial charge in [0.1, 0.15) is 5.75 Å². The van der Waals surface area contributed by atoms with E-state index < -0.39 is 0 Å². The van der Waals surface area contributed by atoms with E-state index >= 15 is 0 Å². The van der Waals surface area contributed by atoms with Crippen LogP contribution in [0.3, 0.4) is 0 Å². The maximum atomic E-state index is 11.1. The summed E-state index contributed by atoms with van der Waals surface area (Å²) < 4.78 is 5.74. The van der Waals surface area contributed by atoms with Crippen LogP contribution < -0.4 is 15.8 Å². The molecule has 1 aromatic rings. The number of likely N-dealkylation sites (tertiary alicyclic amines) is 1. The average Bonchev–Trinajstić information content (AvgIpc) is 2.47. The van der Waals surface area contributed by atoms with E-state index in [1.807, 2.05) is 24.3 Å². The van der Waals surface area contributed by atoms with Gasteiger partial charge in [-0.05, 0) is 31.4 Å². The average molecular weight is 277 g/mol. The highest BCUT2D eigenvalue weighted by molar-refractivity contribution is 5.72. The van der Waals surface area contributed by atoms with Crippen molar-refractivity contribution in [3.63, 3.8) is 0 Å². The van der Waals surface area contributed by atoms with Crippen LogP contribution in [0.1, 0.15) is 26.2 Å². The number of para-hydroxylation sites is 2. The zero-order valence-electron chi connectivity index (χ0n) is 12.0. The van der Waals surface area contributed by atoms with Crippen LogP contribution in [0.4, 0.5) is 10.5 Å². The van der Waals surface area contributed by atoms with Crippen molar-refractivity contribution in [2.45, 2.75) is 32.2 Å². The monoisotopic (exact) mass is 277 g/mol. The molecule has 3 N–H and O–H groups in total. The third-order valence-electron chi connectivity index (χ3n) is 3.52. The fraction of sp³-hybridized carbons (Fsp3) is 0.533. The van der Waals surface area contributed by atoms with E-state index in [1.54, 1.807) is 4.90 Å². The fourth-order valence-corrected chi connectivity index (χ4v) is 2.39. The second kappa shape index (κ2) is 7.03. The second-order valence-electron chi connectivity index (χ2n) is 5.09. The van der Waals surface area contributed by atoms with Crippen LogP contribution in [0.15, 0.2) is 24.3 Å². The Morgan fingerprint density at radius 2 is 2.10 bits per heavy atom. The van der Waals surface area contributed by atoms with Crippen LogP contribution in [0.25, 0.3) is 0 Å². The summed E-state index contributed by atoms with van der Waals surface area (Å²) in [6, 6.07) is 8.03. The van der Waals surface area contributed by atoms with E-state index in [1.165, 1.54) is 0 Å². The van der Waals surface area contributed by atoms with Gasteiger partial charge in [-0.1, -0.05) is 19.1 Å². The molecule has 0 unspecified atom stereocenters. The van der Waals surface area contributed by atoms with E-state index in [0.717, 1.165) is 37.3 Å². The molecule has 0 aliphatic carbocycles. The maximum absolute atomic E-state index is 11.1. The first kappa shape index (κ1) is 14.5. The molecule has 1 saturated heterocycles. The van der Waals surface area contributed by atoms with Crippen molar-refractivity contribution in [3.8, 4) is 5.75 Å². The summed E-state index contributed by atoms with van der Waals surface area (Å²) in [6.07, 6.45) is 2.81. The summed E-state index contributed by atoms with van der Waals surface area (Å²) >= 11 is 0. The SMILES string of the molecule is CCCOc1ccccc1NC1CCN(C(N)=O)CC1. The maximum Gasteiger partial charge on any atom is 0.314 e. The predicted molar refractivity (Wildman–Crippen MR) is 80.0 cm³/mol. The van der Waals surface area contributed by atoms with Crippen molar-refractivity contribution in [2.24, 2.45) is 5.73 Å². The van der Waals surface area contributed by atoms with Gasteiger partial charge in [-0.15, -0.1) is 0 Å². The minimum absolute atomic E-state index is 0.324. The van der Waals surface area contributed by atoms with Crippen LogP contribution in [0, 0.1) is 0 Å². The number of ether oxygens (including phenoxy) is 1. The van der Waals surface area contributed by atoms with Crippen molar-refractivity contribution >= 4 is 11.7 Å². The van der Waals surface area contributed by atoms with E-state index in [9.17, 15) is 4.79 Å². The molecule has 0 spiro atoms. The lowest BCUT2D eigenvalue weighted by Crippen LogP contribution is -2.44. The summed E-state index contributed by atoms with van der Waals surface area (Å²) in [4.78, 5) is 12.8. The lowest BCUT2D eigenvalue weighted by Gasteiger charge is -2.32. The zero-order chi connectivity index (χ0) is 14.4. The molecule has 110 valence electrons. The van der Waals surface area contributed by atoms with Gasteiger partial charge in [-0.2, -0.15) is 0 Å². The molecule has 20 heavy (non-hydrogen) atoms. The summed E-state index contributed by atoms with van der Waals surface area (Å²) in [5.74, 6) is 0.895.